The van der Waals surface area contributed by atoms with Crippen LogP contribution in [-0.4, -0.2) is 24.9 Å². The lowest BCUT2D eigenvalue weighted by atomic mass is 10.5. The lowest BCUT2D eigenvalue weighted by Gasteiger charge is -1.93. The molecule has 0 aromatic carbocycles. The van der Waals surface area contributed by atoms with Gasteiger partial charge in [0.15, 0.2) is 5.52 Å². The Morgan fingerprint density at radius 3 is 2.85 bits per heavy atom. The third-order valence-corrected chi connectivity index (χ3v) is 2.11. The van der Waals surface area contributed by atoms with Gasteiger partial charge in [0.25, 0.3) is 0 Å². The highest BCUT2D eigenvalue weighted by atomic mass is 32.1. The summed E-state index contributed by atoms with van der Waals surface area (Å²) in [4.78, 5) is 7.78. The largest absolute Gasteiger partial charge is 0.492 e. The van der Waals surface area contributed by atoms with Crippen LogP contribution in [0.2, 0.25) is 0 Å². The summed E-state index contributed by atoms with van der Waals surface area (Å²) in [5, 5.41) is 14.2. The van der Waals surface area contributed by atoms with Gasteiger partial charge in [0.2, 0.25) is 5.88 Å². The number of rotatable bonds is 1. The first-order chi connectivity index (χ1) is 6.24. The van der Waals surface area contributed by atoms with Crippen LogP contribution in [0, 0.1) is 0 Å². The molecule has 0 aliphatic carbocycles. The molecule has 0 saturated carbocycles. The zero-order chi connectivity index (χ0) is 9.42. The van der Waals surface area contributed by atoms with E-state index in [4.69, 9.17) is 0 Å². The fraction of sp³-hybridized carbons (Fsp3) is 0.286. The van der Waals surface area contributed by atoms with Crippen molar-refractivity contribution in [3.63, 3.8) is 0 Å². The van der Waals surface area contributed by atoms with Crippen LogP contribution in [0.25, 0.3) is 11.0 Å². The predicted molar refractivity (Wildman–Crippen MR) is 49.9 cm³/mol. The van der Waals surface area contributed by atoms with Crippen LogP contribution in [0.5, 0.6) is 5.88 Å². The van der Waals surface area contributed by atoms with Gasteiger partial charge in [0.1, 0.15) is 16.9 Å². The summed E-state index contributed by atoms with van der Waals surface area (Å²) >= 11 is 4.11. The first kappa shape index (κ1) is 8.31. The van der Waals surface area contributed by atoms with Gasteiger partial charge in [0, 0.05) is 6.54 Å². The van der Waals surface area contributed by atoms with E-state index in [0.29, 0.717) is 22.6 Å². The SMILES string of the molecule is CCn1nc2c(S)ncnc2c1O. The molecular weight excluding hydrogens is 188 g/mol. The molecule has 13 heavy (non-hydrogen) atoms. The highest BCUT2D eigenvalue weighted by molar-refractivity contribution is 7.80. The van der Waals surface area contributed by atoms with Crippen LogP contribution in [0.4, 0.5) is 0 Å². The van der Waals surface area contributed by atoms with Gasteiger partial charge < -0.3 is 5.11 Å². The number of aromatic hydroxyl groups is 1. The summed E-state index contributed by atoms with van der Waals surface area (Å²) in [5.74, 6) is 0.0650. The molecule has 0 radical (unpaired) electrons. The summed E-state index contributed by atoms with van der Waals surface area (Å²) in [7, 11) is 0. The molecule has 0 spiro atoms. The third kappa shape index (κ3) is 1.14. The molecule has 0 amide bonds. The van der Waals surface area contributed by atoms with E-state index in [0.717, 1.165) is 0 Å². The molecule has 0 atom stereocenters. The lowest BCUT2D eigenvalue weighted by Crippen LogP contribution is -1.94. The van der Waals surface area contributed by atoms with Crippen LogP contribution in [0.1, 0.15) is 6.92 Å². The van der Waals surface area contributed by atoms with Crippen molar-refractivity contribution < 1.29 is 5.11 Å². The minimum absolute atomic E-state index is 0.0650. The Balaban J connectivity index is 2.83. The van der Waals surface area contributed by atoms with Gasteiger partial charge in [-0.3, -0.25) is 0 Å². The molecule has 5 nitrogen and oxygen atoms in total. The number of fused-ring (bicyclic) bond motifs is 1. The Labute approximate surface area is 79.8 Å². The molecule has 6 heteroatoms. The second kappa shape index (κ2) is 2.88. The zero-order valence-electron chi connectivity index (χ0n) is 6.97. The van der Waals surface area contributed by atoms with Crippen molar-refractivity contribution in [2.24, 2.45) is 0 Å². The van der Waals surface area contributed by atoms with Crippen molar-refractivity contribution in [1.82, 2.24) is 19.7 Å². The zero-order valence-corrected chi connectivity index (χ0v) is 7.86. The molecule has 2 aromatic rings. The molecule has 0 aliphatic rings. The molecule has 0 fully saturated rings. The Morgan fingerprint density at radius 1 is 1.46 bits per heavy atom. The quantitative estimate of drug-likeness (QED) is 0.524. The van der Waals surface area contributed by atoms with Gasteiger partial charge in [-0.15, -0.1) is 12.6 Å². The fourth-order valence-electron chi connectivity index (χ4n) is 1.14. The predicted octanol–water partition coefficient (Wildman–Crippen LogP) is 0.840. The van der Waals surface area contributed by atoms with Gasteiger partial charge >= 0.3 is 0 Å². The molecule has 68 valence electrons. The first-order valence-corrected chi connectivity index (χ1v) is 4.28. The maximum absolute atomic E-state index is 9.59. The van der Waals surface area contributed by atoms with Crippen LogP contribution in [0.3, 0.4) is 0 Å². The van der Waals surface area contributed by atoms with Crippen molar-refractivity contribution in [2.45, 2.75) is 18.5 Å². The van der Waals surface area contributed by atoms with E-state index >= 15 is 0 Å². The standard InChI is InChI=1S/C7H8N4OS/c1-2-11-7(12)5-4(10-11)6(13)9-3-8-5/h3,12H,2H2,1H3,(H,8,9,13). The second-order valence-electron chi connectivity index (χ2n) is 2.53. The highest BCUT2D eigenvalue weighted by Gasteiger charge is 2.12. The van der Waals surface area contributed by atoms with Crippen molar-refractivity contribution in [3.8, 4) is 5.88 Å². The van der Waals surface area contributed by atoms with Gasteiger partial charge in [-0.05, 0) is 6.92 Å². The molecule has 1 N–H and O–H groups in total. The molecule has 0 unspecified atom stereocenters. The van der Waals surface area contributed by atoms with Crippen molar-refractivity contribution in [2.75, 3.05) is 0 Å². The molecule has 2 heterocycles. The van der Waals surface area contributed by atoms with Crippen LogP contribution >= 0.6 is 12.6 Å². The average molecular weight is 196 g/mol. The van der Waals surface area contributed by atoms with Crippen LogP contribution in [0.15, 0.2) is 11.4 Å². The first-order valence-electron chi connectivity index (χ1n) is 3.83. The van der Waals surface area contributed by atoms with Crippen molar-refractivity contribution in [3.05, 3.63) is 6.33 Å². The number of hydrogen-bond donors (Lipinski definition) is 2. The van der Waals surface area contributed by atoms with E-state index in [2.05, 4.69) is 27.7 Å². The lowest BCUT2D eigenvalue weighted by molar-refractivity contribution is 0.409. The van der Waals surface area contributed by atoms with Gasteiger partial charge in [-0.25, -0.2) is 14.6 Å². The molecule has 2 aromatic heterocycles. The monoisotopic (exact) mass is 196 g/mol. The number of aromatic nitrogens is 4. The average Bonchev–Trinajstić information content (AvgIpc) is 2.45. The summed E-state index contributed by atoms with van der Waals surface area (Å²) in [6, 6.07) is 0. The van der Waals surface area contributed by atoms with E-state index in [1.807, 2.05) is 6.92 Å². The Bertz CT molecular complexity index is 453. The Hall–Kier alpha value is -1.30. The highest BCUT2D eigenvalue weighted by Crippen LogP contribution is 2.24. The van der Waals surface area contributed by atoms with Crippen molar-refractivity contribution >= 4 is 23.7 Å². The smallest absolute Gasteiger partial charge is 0.236 e. The maximum atomic E-state index is 9.59. The number of thiol groups is 1. The molecule has 0 saturated heterocycles. The topological polar surface area (TPSA) is 63.8 Å². The Kier molecular flexibility index (Phi) is 1.84. The molecular formula is C7H8N4OS. The number of hydrogen-bond acceptors (Lipinski definition) is 5. The van der Waals surface area contributed by atoms with E-state index in [9.17, 15) is 5.11 Å². The number of nitrogens with zero attached hydrogens (tertiary/aromatic N) is 4. The maximum Gasteiger partial charge on any atom is 0.236 e. The molecule has 0 aliphatic heterocycles. The summed E-state index contributed by atoms with van der Waals surface area (Å²) in [6.07, 6.45) is 1.35. The van der Waals surface area contributed by atoms with Gasteiger partial charge in [-0.1, -0.05) is 0 Å². The summed E-state index contributed by atoms with van der Waals surface area (Å²) in [6.45, 7) is 2.48. The van der Waals surface area contributed by atoms with Gasteiger partial charge in [0.05, 0.1) is 0 Å². The minimum Gasteiger partial charge on any atom is -0.492 e. The third-order valence-electron chi connectivity index (χ3n) is 1.78. The molecule has 0 bridgehead atoms. The van der Waals surface area contributed by atoms with Gasteiger partial charge in [-0.2, -0.15) is 5.10 Å². The van der Waals surface area contributed by atoms with Crippen LogP contribution < -0.4 is 0 Å². The van der Waals surface area contributed by atoms with Crippen molar-refractivity contribution in [1.29, 1.82) is 0 Å². The summed E-state index contributed by atoms with van der Waals surface area (Å²) in [5.41, 5.74) is 0.979. The van der Waals surface area contributed by atoms with Crippen LogP contribution in [-0.2, 0) is 6.54 Å². The normalized spacial score (nSPS) is 10.9. The van der Waals surface area contributed by atoms with E-state index < -0.39 is 0 Å². The fourth-order valence-corrected chi connectivity index (χ4v) is 1.34. The van der Waals surface area contributed by atoms with E-state index in [-0.39, 0.29) is 5.88 Å². The molecule has 2 rings (SSSR count). The number of aryl methyl sites for hydroxylation is 1. The van der Waals surface area contributed by atoms with E-state index in [1.165, 1.54) is 11.0 Å². The van der Waals surface area contributed by atoms with E-state index in [1.54, 1.807) is 0 Å². The Morgan fingerprint density at radius 2 is 2.23 bits per heavy atom. The second-order valence-corrected chi connectivity index (χ2v) is 2.96. The minimum atomic E-state index is 0.0650. The summed E-state index contributed by atoms with van der Waals surface area (Å²) < 4.78 is 1.46.